The van der Waals surface area contributed by atoms with Crippen LogP contribution in [0.4, 0.5) is 5.69 Å². The lowest BCUT2D eigenvalue weighted by atomic mass is 9.80. The number of hydrogen-bond acceptors (Lipinski definition) is 1. The van der Waals surface area contributed by atoms with Gasteiger partial charge in [0.2, 0.25) is 0 Å². The lowest BCUT2D eigenvalue weighted by Crippen LogP contribution is -2.33. The van der Waals surface area contributed by atoms with Gasteiger partial charge in [0.15, 0.2) is 0 Å². The van der Waals surface area contributed by atoms with Crippen LogP contribution < -0.4 is 5.32 Å². The molecule has 1 aliphatic carbocycles. The highest BCUT2D eigenvalue weighted by atomic mass is 79.9. The molecule has 3 atom stereocenters. The monoisotopic (exact) mass is 359 g/mol. The summed E-state index contributed by atoms with van der Waals surface area (Å²) >= 11 is 7.23. The van der Waals surface area contributed by atoms with Crippen LogP contribution in [0.5, 0.6) is 0 Å². The fourth-order valence-corrected chi connectivity index (χ4v) is 3.93. The molecule has 0 saturated heterocycles. The van der Waals surface area contributed by atoms with Gasteiger partial charge in [0.05, 0.1) is 5.69 Å². The summed E-state index contributed by atoms with van der Waals surface area (Å²) in [5.41, 5.74) is 1.19. The highest BCUT2D eigenvalue weighted by Crippen LogP contribution is 2.35. The zero-order valence-electron chi connectivity index (χ0n) is 10.3. The van der Waals surface area contributed by atoms with E-state index < -0.39 is 0 Å². The average Bonchev–Trinajstić information content (AvgIpc) is 2.26. The van der Waals surface area contributed by atoms with Gasteiger partial charge >= 0.3 is 0 Å². The summed E-state index contributed by atoms with van der Waals surface area (Å²) in [7, 11) is 0. The second-order valence-electron chi connectivity index (χ2n) is 5.24. The van der Waals surface area contributed by atoms with E-state index in [0.29, 0.717) is 6.04 Å². The molecule has 17 heavy (non-hydrogen) atoms. The largest absolute Gasteiger partial charge is 0.380 e. The summed E-state index contributed by atoms with van der Waals surface area (Å²) in [6.07, 6.45) is 3.94. The number of anilines is 1. The molecule has 0 aliphatic heterocycles. The number of para-hydroxylation sites is 1. The third kappa shape index (κ3) is 3.25. The van der Waals surface area contributed by atoms with E-state index in [9.17, 15) is 0 Å². The Morgan fingerprint density at radius 3 is 2.35 bits per heavy atom. The molecule has 1 aromatic carbocycles. The van der Waals surface area contributed by atoms with E-state index in [-0.39, 0.29) is 0 Å². The van der Waals surface area contributed by atoms with Gasteiger partial charge in [0.25, 0.3) is 0 Å². The van der Waals surface area contributed by atoms with Crippen molar-refractivity contribution in [3.8, 4) is 0 Å². The third-order valence-electron chi connectivity index (χ3n) is 3.72. The summed E-state index contributed by atoms with van der Waals surface area (Å²) in [6.45, 7) is 4.72. The van der Waals surface area contributed by atoms with Crippen LogP contribution in [-0.2, 0) is 0 Å². The minimum atomic E-state index is 0.598. The molecule has 0 bridgehead atoms. The van der Waals surface area contributed by atoms with Gasteiger partial charge in [-0.15, -0.1) is 0 Å². The lowest BCUT2D eigenvalue weighted by molar-refractivity contribution is 0.276. The zero-order valence-corrected chi connectivity index (χ0v) is 13.5. The Morgan fingerprint density at radius 2 is 1.76 bits per heavy atom. The Balaban J connectivity index is 2.10. The van der Waals surface area contributed by atoms with Crippen molar-refractivity contribution in [3.05, 3.63) is 27.1 Å². The van der Waals surface area contributed by atoms with Gasteiger partial charge in [0.1, 0.15) is 0 Å². The predicted molar refractivity (Wildman–Crippen MR) is 81.4 cm³/mol. The minimum Gasteiger partial charge on any atom is -0.380 e. The molecule has 0 radical (unpaired) electrons. The van der Waals surface area contributed by atoms with E-state index in [1.165, 1.54) is 24.9 Å². The molecule has 1 fully saturated rings. The molecule has 1 saturated carbocycles. The molecule has 0 amide bonds. The molecule has 3 heteroatoms. The number of rotatable bonds is 2. The van der Waals surface area contributed by atoms with E-state index in [0.717, 1.165) is 20.8 Å². The first-order chi connectivity index (χ1) is 8.08. The van der Waals surface area contributed by atoms with Gasteiger partial charge < -0.3 is 5.32 Å². The highest BCUT2D eigenvalue weighted by molar-refractivity contribution is 9.11. The summed E-state index contributed by atoms with van der Waals surface area (Å²) < 4.78 is 2.27. The molecule has 1 aliphatic rings. The Hall–Kier alpha value is -0.0200. The maximum Gasteiger partial charge on any atom is 0.0631 e. The van der Waals surface area contributed by atoms with E-state index >= 15 is 0 Å². The number of halogens is 2. The van der Waals surface area contributed by atoms with Crippen LogP contribution in [0, 0.1) is 11.8 Å². The van der Waals surface area contributed by atoms with Crippen LogP contribution in [0.2, 0.25) is 0 Å². The normalized spacial score (nSPS) is 29.1. The van der Waals surface area contributed by atoms with E-state index in [1.807, 2.05) is 6.07 Å². The highest BCUT2D eigenvalue weighted by Gasteiger charge is 2.25. The summed E-state index contributed by atoms with van der Waals surface area (Å²) in [5.74, 6) is 1.63. The molecular formula is C14H19Br2N. The molecule has 0 aromatic heterocycles. The van der Waals surface area contributed by atoms with Crippen molar-refractivity contribution in [2.75, 3.05) is 5.32 Å². The fourth-order valence-electron chi connectivity index (χ4n) is 2.70. The summed E-state index contributed by atoms with van der Waals surface area (Å²) in [6, 6.07) is 6.82. The van der Waals surface area contributed by atoms with Crippen LogP contribution in [-0.4, -0.2) is 6.04 Å². The van der Waals surface area contributed by atoms with Gasteiger partial charge in [-0.25, -0.2) is 0 Å². The molecule has 0 heterocycles. The topological polar surface area (TPSA) is 12.0 Å². The van der Waals surface area contributed by atoms with Gasteiger partial charge in [-0.2, -0.15) is 0 Å². The number of nitrogens with one attached hydrogen (secondary N) is 1. The van der Waals surface area contributed by atoms with Gasteiger partial charge in [-0.3, -0.25) is 0 Å². The Bertz CT molecular complexity index is 372. The lowest BCUT2D eigenvalue weighted by Gasteiger charge is -2.34. The molecular weight excluding hydrogens is 342 g/mol. The molecule has 3 unspecified atom stereocenters. The van der Waals surface area contributed by atoms with Crippen LogP contribution in [0.1, 0.15) is 33.1 Å². The van der Waals surface area contributed by atoms with Crippen molar-refractivity contribution in [2.24, 2.45) is 11.8 Å². The first-order valence-corrected chi connectivity index (χ1v) is 7.87. The zero-order chi connectivity index (χ0) is 12.4. The van der Waals surface area contributed by atoms with Crippen LogP contribution >= 0.6 is 31.9 Å². The van der Waals surface area contributed by atoms with Crippen molar-refractivity contribution >= 4 is 37.5 Å². The Labute approximate surface area is 121 Å². The minimum absolute atomic E-state index is 0.598. The van der Waals surface area contributed by atoms with Crippen molar-refractivity contribution < 1.29 is 0 Å². The smallest absolute Gasteiger partial charge is 0.0631 e. The molecule has 0 spiro atoms. The summed E-state index contributed by atoms with van der Waals surface area (Å²) in [5, 5.41) is 3.69. The maximum absolute atomic E-state index is 3.69. The fraction of sp³-hybridized carbons (Fsp3) is 0.571. The first kappa shape index (κ1) is 13.4. The van der Waals surface area contributed by atoms with Crippen LogP contribution in [0.3, 0.4) is 0 Å². The first-order valence-electron chi connectivity index (χ1n) is 6.28. The third-order valence-corrected chi connectivity index (χ3v) is 5.05. The molecule has 94 valence electrons. The quantitative estimate of drug-likeness (QED) is 0.739. The molecule has 2 rings (SSSR count). The van der Waals surface area contributed by atoms with Crippen LogP contribution in [0.15, 0.2) is 27.1 Å². The van der Waals surface area contributed by atoms with Gasteiger partial charge in [-0.1, -0.05) is 19.9 Å². The van der Waals surface area contributed by atoms with Crippen molar-refractivity contribution in [1.82, 2.24) is 0 Å². The van der Waals surface area contributed by atoms with Gasteiger partial charge in [0, 0.05) is 15.0 Å². The molecule has 1 aromatic rings. The molecule has 1 N–H and O–H groups in total. The standard InChI is InChI=1S/C14H19Br2N/c1-9-6-7-13(10(2)8-9)17-14-11(15)4-3-5-12(14)16/h3-5,9-10,13,17H,6-8H2,1-2H3. The van der Waals surface area contributed by atoms with Gasteiger partial charge in [-0.05, 0) is 75.1 Å². The summed E-state index contributed by atoms with van der Waals surface area (Å²) in [4.78, 5) is 0. The van der Waals surface area contributed by atoms with Crippen LogP contribution in [0.25, 0.3) is 0 Å². The Morgan fingerprint density at radius 1 is 1.12 bits per heavy atom. The van der Waals surface area contributed by atoms with Crippen molar-refractivity contribution in [3.63, 3.8) is 0 Å². The van der Waals surface area contributed by atoms with E-state index in [1.54, 1.807) is 0 Å². The van der Waals surface area contributed by atoms with E-state index in [4.69, 9.17) is 0 Å². The predicted octanol–water partition coefficient (Wildman–Crippen LogP) is 5.45. The number of hydrogen-bond donors (Lipinski definition) is 1. The van der Waals surface area contributed by atoms with E-state index in [2.05, 4.69) is 63.2 Å². The molecule has 1 nitrogen and oxygen atoms in total. The SMILES string of the molecule is CC1CCC(Nc2c(Br)cccc2Br)C(C)C1. The van der Waals surface area contributed by atoms with Crippen molar-refractivity contribution in [2.45, 2.75) is 39.2 Å². The average molecular weight is 361 g/mol. The maximum atomic E-state index is 3.69. The second-order valence-corrected chi connectivity index (χ2v) is 6.95. The second kappa shape index (κ2) is 5.75. The number of benzene rings is 1. The Kier molecular flexibility index (Phi) is 4.53. The van der Waals surface area contributed by atoms with Crippen molar-refractivity contribution in [1.29, 1.82) is 0 Å².